The maximum absolute atomic E-state index is 11.6. The number of rotatable bonds is 6. The van der Waals surface area contributed by atoms with Crippen LogP contribution in [0.4, 0.5) is 4.79 Å². The van der Waals surface area contributed by atoms with Crippen LogP contribution in [0.25, 0.3) is 0 Å². The minimum absolute atomic E-state index is 0.105. The summed E-state index contributed by atoms with van der Waals surface area (Å²) in [6.07, 6.45) is 9.25. The fraction of sp³-hybridized carbons (Fsp3) is 0.714. The van der Waals surface area contributed by atoms with E-state index in [0.717, 1.165) is 32.1 Å². The Morgan fingerprint density at radius 1 is 1.39 bits per heavy atom. The number of ketones is 1. The molecule has 0 aromatic carbocycles. The minimum Gasteiger partial charge on any atom is -0.452 e. The molecule has 0 aromatic heterocycles. The fourth-order valence-corrected chi connectivity index (χ4v) is 2.16. The molecule has 4 nitrogen and oxygen atoms in total. The van der Waals surface area contributed by atoms with Gasteiger partial charge in [-0.25, -0.2) is 4.79 Å². The van der Waals surface area contributed by atoms with Gasteiger partial charge in [-0.05, 0) is 25.7 Å². The number of allylic oxidation sites excluding steroid dienone is 1. The number of carbonyl (C=O) groups excluding carboxylic acids is 2. The Kier molecular flexibility index (Phi) is 6.47. The van der Waals surface area contributed by atoms with Crippen molar-refractivity contribution < 1.29 is 14.3 Å². The molecule has 1 amide bonds. The normalized spacial score (nSPS) is 18.8. The van der Waals surface area contributed by atoms with E-state index in [9.17, 15) is 9.59 Å². The van der Waals surface area contributed by atoms with Crippen LogP contribution in [0.3, 0.4) is 0 Å². The highest BCUT2D eigenvalue weighted by atomic mass is 16.5. The zero-order valence-electron chi connectivity index (χ0n) is 11.4. The minimum atomic E-state index is -0.336. The quantitative estimate of drug-likeness (QED) is 0.730. The van der Waals surface area contributed by atoms with Crippen LogP contribution in [0.1, 0.15) is 51.9 Å². The number of hydrogen-bond donors (Lipinski definition) is 0. The van der Waals surface area contributed by atoms with Gasteiger partial charge in [-0.1, -0.05) is 19.4 Å². The smallest absolute Gasteiger partial charge is 0.413 e. The number of ether oxygens (including phenoxy) is 1. The van der Waals surface area contributed by atoms with E-state index in [1.165, 1.54) is 7.11 Å². The van der Waals surface area contributed by atoms with Crippen LogP contribution in [0.15, 0.2) is 12.3 Å². The first kappa shape index (κ1) is 14.7. The van der Waals surface area contributed by atoms with Crippen LogP contribution in [0.5, 0.6) is 0 Å². The molecule has 0 radical (unpaired) electrons. The van der Waals surface area contributed by atoms with Gasteiger partial charge in [-0.2, -0.15) is 0 Å². The average Bonchev–Trinajstić information content (AvgIpc) is 2.42. The second-order valence-corrected chi connectivity index (χ2v) is 4.67. The van der Waals surface area contributed by atoms with E-state index in [0.29, 0.717) is 18.6 Å². The number of Topliss-reactive ketones (excluding diaryl/α,β-unsaturated/α-hetero) is 1. The summed E-state index contributed by atoms with van der Waals surface area (Å²) < 4.78 is 4.74. The SMILES string of the molecule is CCCCC(=O)CC[C@H]1CCC=CN1C(=O)OC. The topological polar surface area (TPSA) is 46.6 Å². The summed E-state index contributed by atoms with van der Waals surface area (Å²) in [5.74, 6) is 0.302. The molecule has 0 unspecified atom stereocenters. The molecule has 0 fully saturated rings. The highest BCUT2D eigenvalue weighted by Gasteiger charge is 2.24. The van der Waals surface area contributed by atoms with Gasteiger partial charge < -0.3 is 4.74 Å². The maximum Gasteiger partial charge on any atom is 0.413 e. The molecule has 102 valence electrons. The van der Waals surface area contributed by atoms with Gasteiger partial charge in [0.15, 0.2) is 0 Å². The number of amides is 1. The lowest BCUT2D eigenvalue weighted by Gasteiger charge is -2.30. The fourth-order valence-electron chi connectivity index (χ4n) is 2.16. The highest BCUT2D eigenvalue weighted by molar-refractivity contribution is 5.78. The van der Waals surface area contributed by atoms with Crippen molar-refractivity contribution in [1.29, 1.82) is 0 Å². The number of methoxy groups -OCH3 is 1. The van der Waals surface area contributed by atoms with Crippen molar-refractivity contribution in [2.45, 2.75) is 57.9 Å². The molecule has 0 N–H and O–H groups in total. The van der Waals surface area contributed by atoms with Gasteiger partial charge in [-0.3, -0.25) is 9.69 Å². The van der Waals surface area contributed by atoms with Crippen LogP contribution in [0.2, 0.25) is 0 Å². The lowest BCUT2D eigenvalue weighted by Crippen LogP contribution is -2.38. The van der Waals surface area contributed by atoms with Gasteiger partial charge in [0.1, 0.15) is 5.78 Å². The third-order valence-electron chi connectivity index (χ3n) is 3.28. The summed E-state index contributed by atoms with van der Waals surface area (Å²) in [5, 5.41) is 0. The molecule has 1 aliphatic rings. The molecule has 1 atom stereocenters. The van der Waals surface area contributed by atoms with Crippen molar-refractivity contribution in [3.63, 3.8) is 0 Å². The van der Waals surface area contributed by atoms with Gasteiger partial charge in [0.2, 0.25) is 0 Å². The molecule has 0 aromatic rings. The lowest BCUT2D eigenvalue weighted by molar-refractivity contribution is -0.119. The third-order valence-corrected chi connectivity index (χ3v) is 3.28. The lowest BCUT2D eigenvalue weighted by atomic mass is 9.99. The third kappa shape index (κ3) is 4.51. The van der Waals surface area contributed by atoms with Gasteiger partial charge >= 0.3 is 6.09 Å². The molecule has 0 aliphatic carbocycles. The number of hydrogen-bond acceptors (Lipinski definition) is 3. The Labute approximate surface area is 109 Å². The van der Waals surface area contributed by atoms with Crippen molar-refractivity contribution in [1.82, 2.24) is 4.90 Å². The molecule has 1 rings (SSSR count). The number of nitrogens with zero attached hydrogens (tertiary/aromatic N) is 1. The standard InChI is InChI=1S/C14H23NO3/c1-3-4-8-13(16)10-9-12-7-5-6-11-15(12)14(17)18-2/h6,11-12H,3-5,7-10H2,1-2H3/t12-/m1/s1. The van der Waals surface area contributed by atoms with Crippen LogP contribution >= 0.6 is 0 Å². The monoisotopic (exact) mass is 253 g/mol. The predicted octanol–water partition coefficient (Wildman–Crippen LogP) is 3.27. The largest absolute Gasteiger partial charge is 0.452 e. The molecule has 18 heavy (non-hydrogen) atoms. The molecular formula is C14H23NO3. The van der Waals surface area contributed by atoms with E-state index in [2.05, 4.69) is 6.92 Å². The maximum atomic E-state index is 11.6. The van der Waals surface area contributed by atoms with Gasteiger partial charge in [-0.15, -0.1) is 0 Å². The Morgan fingerprint density at radius 3 is 2.83 bits per heavy atom. The molecule has 0 saturated carbocycles. The van der Waals surface area contributed by atoms with E-state index in [-0.39, 0.29) is 12.1 Å². The first-order valence-corrected chi connectivity index (χ1v) is 6.73. The Morgan fingerprint density at radius 2 is 2.17 bits per heavy atom. The Bertz CT molecular complexity index is 312. The molecule has 0 spiro atoms. The molecular weight excluding hydrogens is 230 g/mol. The second-order valence-electron chi connectivity index (χ2n) is 4.67. The first-order chi connectivity index (χ1) is 8.69. The van der Waals surface area contributed by atoms with E-state index < -0.39 is 0 Å². The van der Waals surface area contributed by atoms with E-state index in [1.807, 2.05) is 6.08 Å². The Hall–Kier alpha value is -1.32. The van der Waals surface area contributed by atoms with E-state index >= 15 is 0 Å². The summed E-state index contributed by atoms with van der Waals surface area (Å²) in [5.41, 5.74) is 0. The van der Waals surface area contributed by atoms with Crippen molar-refractivity contribution in [3.8, 4) is 0 Å². The average molecular weight is 253 g/mol. The molecule has 1 aliphatic heterocycles. The highest BCUT2D eigenvalue weighted by Crippen LogP contribution is 2.20. The van der Waals surface area contributed by atoms with E-state index in [1.54, 1.807) is 11.1 Å². The zero-order valence-corrected chi connectivity index (χ0v) is 11.4. The second kappa shape index (κ2) is 7.90. The van der Waals surface area contributed by atoms with Gasteiger partial charge in [0.05, 0.1) is 7.11 Å². The number of carbonyl (C=O) groups is 2. The summed E-state index contributed by atoms with van der Waals surface area (Å²) in [7, 11) is 1.38. The van der Waals surface area contributed by atoms with Crippen molar-refractivity contribution in [3.05, 3.63) is 12.3 Å². The van der Waals surface area contributed by atoms with Crippen LogP contribution in [-0.4, -0.2) is 29.9 Å². The predicted molar refractivity (Wildman–Crippen MR) is 70.2 cm³/mol. The number of unbranched alkanes of at least 4 members (excludes halogenated alkanes) is 1. The first-order valence-electron chi connectivity index (χ1n) is 6.73. The molecule has 4 heteroatoms. The molecule has 0 saturated heterocycles. The summed E-state index contributed by atoms with van der Waals surface area (Å²) in [6, 6.07) is 0.105. The van der Waals surface area contributed by atoms with Crippen LogP contribution < -0.4 is 0 Å². The van der Waals surface area contributed by atoms with Crippen LogP contribution in [0, 0.1) is 0 Å². The summed E-state index contributed by atoms with van der Waals surface area (Å²) >= 11 is 0. The van der Waals surface area contributed by atoms with Crippen molar-refractivity contribution in [2.24, 2.45) is 0 Å². The molecule has 0 bridgehead atoms. The van der Waals surface area contributed by atoms with Crippen LogP contribution in [-0.2, 0) is 9.53 Å². The zero-order chi connectivity index (χ0) is 13.4. The molecule has 1 heterocycles. The summed E-state index contributed by atoms with van der Waals surface area (Å²) in [4.78, 5) is 24.8. The van der Waals surface area contributed by atoms with E-state index in [4.69, 9.17) is 4.74 Å². The Balaban J connectivity index is 2.41. The van der Waals surface area contributed by atoms with Gasteiger partial charge in [0, 0.05) is 25.1 Å². The van der Waals surface area contributed by atoms with Crippen molar-refractivity contribution in [2.75, 3.05) is 7.11 Å². The van der Waals surface area contributed by atoms with Crippen molar-refractivity contribution >= 4 is 11.9 Å². The summed E-state index contributed by atoms with van der Waals surface area (Å²) in [6.45, 7) is 2.08. The van der Waals surface area contributed by atoms with Gasteiger partial charge in [0.25, 0.3) is 0 Å².